The fraction of sp³-hybridized carbons (Fsp3) is 0.545. The van der Waals surface area contributed by atoms with Crippen LogP contribution in [0.1, 0.15) is 57.9 Å². The molecule has 1 fully saturated rings. The maximum absolute atomic E-state index is 13.2. The molecule has 42 heavy (non-hydrogen) atoms. The summed E-state index contributed by atoms with van der Waals surface area (Å²) in [6, 6.07) is 11.7. The van der Waals surface area contributed by atoms with Gasteiger partial charge in [-0.2, -0.15) is 0 Å². The molecule has 2 aromatic carbocycles. The Bertz CT molecular complexity index is 1120. The SMILES string of the molecule is CCCCCCNC=O.CCCCN1CC(=O)[N+](C)(C)C(=O)C1Cc1ccc(-c2cc(OC)c(OC)c(OC)c2)cc1. The molecule has 1 saturated heterocycles. The number of rotatable bonds is 15. The number of hydrogen-bond donors (Lipinski definition) is 1. The predicted molar refractivity (Wildman–Crippen MR) is 166 cm³/mol. The van der Waals surface area contributed by atoms with Crippen molar-refractivity contribution in [3.63, 3.8) is 0 Å². The summed E-state index contributed by atoms with van der Waals surface area (Å²) < 4.78 is 16.2. The van der Waals surface area contributed by atoms with Gasteiger partial charge in [-0.05, 0) is 48.2 Å². The van der Waals surface area contributed by atoms with E-state index in [4.69, 9.17) is 14.2 Å². The van der Waals surface area contributed by atoms with E-state index < -0.39 is 0 Å². The highest BCUT2D eigenvalue weighted by Crippen LogP contribution is 2.41. The number of benzene rings is 2. The molecule has 1 atom stereocenters. The molecule has 1 aliphatic heterocycles. The minimum absolute atomic E-state index is 0.0453. The Labute approximate surface area is 251 Å². The summed E-state index contributed by atoms with van der Waals surface area (Å²) >= 11 is 0. The van der Waals surface area contributed by atoms with Gasteiger partial charge in [0.2, 0.25) is 12.2 Å². The van der Waals surface area contributed by atoms with Crippen molar-refractivity contribution in [3.05, 3.63) is 42.0 Å². The molecule has 9 nitrogen and oxygen atoms in total. The Kier molecular flexibility index (Phi) is 14.5. The van der Waals surface area contributed by atoms with E-state index in [-0.39, 0.29) is 22.3 Å². The van der Waals surface area contributed by atoms with E-state index in [0.29, 0.717) is 30.2 Å². The maximum Gasteiger partial charge on any atom is 0.338 e. The second-order valence-electron chi connectivity index (χ2n) is 11.0. The van der Waals surface area contributed by atoms with Crippen LogP contribution in [0.15, 0.2) is 36.4 Å². The summed E-state index contributed by atoms with van der Waals surface area (Å²) in [5.74, 6) is 1.65. The number of nitrogens with zero attached hydrogens (tertiary/aromatic N) is 2. The first-order chi connectivity index (χ1) is 20.2. The molecule has 0 radical (unpaired) electrons. The molecule has 9 heteroatoms. The van der Waals surface area contributed by atoms with E-state index in [1.165, 1.54) is 19.3 Å². The summed E-state index contributed by atoms with van der Waals surface area (Å²) in [6.07, 6.45) is 8.20. The van der Waals surface area contributed by atoms with Crippen LogP contribution < -0.4 is 19.5 Å². The predicted octanol–water partition coefficient (Wildman–Crippen LogP) is 4.85. The number of amides is 3. The molecule has 1 unspecified atom stereocenters. The van der Waals surface area contributed by atoms with Crippen LogP contribution in [0, 0.1) is 0 Å². The van der Waals surface area contributed by atoms with Gasteiger partial charge in [0.05, 0.1) is 35.4 Å². The van der Waals surface area contributed by atoms with Gasteiger partial charge in [0, 0.05) is 13.0 Å². The van der Waals surface area contributed by atoms with Gasteiger partial charge in [-0.1, -0.05) is 63.8 Å². The normalized spacial score (nSPS) is 16.3. The highest BCUT2D eigenvalue weighted by Gasteiger charge is 2.48. The number of ether oxygens (including phenoxy) is 3. The number of quaternary nitrogens is 1. The molecule has 0 aliphatic carbocycles. The van der Waals surface area contributed by atoms with Crippen molar-refractivity contribution in [3.8, 4) is 28.4 Å². The van der Waals surface area contributed by atoms with Crippen molar-refractivity contribution in [2.75, 3.05) is 55.1 Å². The minimum atomic E-state index is -0.309. The number of likely N-dealkylation sites (N-methyl/N-ethyl adjacent to an activating group) is 1. The summed E-state index contributed by atoms with van der Waals surface area (Å²) in [7, 11) is 8.17. The van der Waals surface area contributed by atoms with Crippen LogP contribution >= 0.6 is 0 Å². The van der Waals surface area contributed by atoms with E-state index in [1.807, 2.05) is 41.3 Å². The zero-order valence-electron chi connectivity index (χ0n) is 26.5. The largest absolute Gasteiger partial charge is 0.493 e. The summed E-state index contributed by atoms with van der Waals surface area (Å²) in [6.45, 7) is 6.19. The third-order valence-electron chi connectivity index (χ3n) is 7.68. The Balaban J connectivity index is 0.000000592. The number of carbonyl (C=O) groups is 3. The number of carbonyl (C=O) groups excluding carboxylic acids is 3. The zero-order valence-corrected chi connectivity index (χ0v) is 26.5. The van der Waals surface area contributed by atoms with Crippen molar-refractivity contribution >= 4 is 18.2 Å². The van der Waals surface area contributed by atoms with Crippen LogP contribution in [0.5, 0.6) is 17.2 Å². The van der Waals surface area contributed by atoms with E-state index >= 15 is 0 Å². The van der Waals surface area contributed by atoms with E-state index in [0.717, 1.165) is 55.5 Å². The van der Waals surface area contributed by atoms with Gasteiger partial charge in [-0.3, -0.25) is 9.69 Å². The van der Waals surface area contributed by atoms with Crippen LogP contribution in [0.25, 0.3) is 11.1 Å². The van der Waals surface area contributed by atoms with Crippen LogP contribution in [-0.4, -0.2) is 88.7 Å². The van der Waals surface area contributed by atoms with Crippen molar-refractivity contribution in [2.45, 2.75) is 64.8 Å². The average Bonchev–Trinajstić information content (AvgIpc) is 3.00. The number of nitrogens with one attached hydrogen (secondary N) is 1. The van der Waals surface area contributed by atoms with Crippen molar-refractivity contribution in [2.24, 2.45) is 0 Å². The Morgan fingerprint density at radius 3 is 2.02 bits per heavy atom. The van der Waals surface area contributed by atoms with Crippen molar-refractivity contribution in [1.82, 2.24) is 10.2 Å². The Morgan fingerprint density at radius 2 is 1.50 bits per heavy atom. The lowest BCUT2D eigenvalue weighted by Gasteiger charge is -2.40. The molecule has 1 heterocycles. The lowest BCUT2D eigenvalue weighted by Crippen LogP contribution is -2.67. The van der Waals surface area contributed by atoms with Gasteiger partial charge in [-0.15, -0.1) is 0 Å². The lowest BCUT2D eigenvalue weighted by atomic mass is 9.97. The highest BCUT2D eigenvalue weighted by molar-refractivity contribution is 5.91. The molecule has 1 N–H and O–H groups in total. The Morgan fingerprint density at radius 1 is 0.881 bits per heavy atom. The van der Waals surface area contributed by atoms with E-state index in [1.54, 1.807) is 35.4 Å². The Hall–Kier alpha value is -3.43. The molecule has 3 rings (SSSR count). The number of piperazine rings is 1. The first kappa shape index (κ1) is 34.8. The molecule has 1 aliphatic rings. The standard InChI is InChI=1S/C26H35N2O5.C7H15NO/c1-7-8-13-27-17-24(29)28(2,3)26(30)21(27)14-18-9-11-19(12-10-18)20-15-22(31-4)25(33-6)23(16-20)32-5;1-2-3-4-5-6-8-7-9/h9-12,15-16,21H,7-8,13-14,17H2,1-6H3;7H,2-6H2,1H3,(H,8,9)/q+1;. The van der Waals surface area contributed by atoms with Crippen molar-refractivity contribution < 1.29 is 33.1 Å². The third kappa shape index (κ3) is 9.29. The molecule has 3 amide bonds. The van der Waals surface area contributed by atoms with Crippen LogP contribution in [0.2, 0.25) is 0 Å². The molecule has 232 valence electrons. The zero-order chi connectivity index (χ0) is 31.1. The summed E-state index contributed by atoms with van der Waals surface area (Å²) in [4.78, 5) is 37.5. The van der Waals surface area contributed by atoms with Crippen molar-refractivity contribution in [1.29, 1.82) is 0 Å². The second-order valence-corrected chi connectivity index (χ2v) is 11.0. The third-order valence-corrected chi connectivity index (χ3v) is 7.68. The number of imide groups is 1. The van der Waals surface area contributed by atoms with Gasteiger partial charge < -0.3 is 19.5 Å². The average molecular weight is 585 g/mol. The smallest absolute Gasteiger partial charge is 0.338 e. The first-order valence-electron chi connectivity index (χ1n) is 14.9. The number of unbranched alkanes of at least 4 members (excludes halogenated alkanes) is 4. The molecule has 0 spiro atoms. The number of methoxy groups -OCH3 is 3. The summed E-state index contributed by atoms with van der Waals surface area (Å²) in [5.41, 5.74) is 3.00. The molecule has 0 saturated carbocycles. The highest BCUT2D eigenvalue weighted by atomic mass is 16.5. The fourth-order valence-electron chi connectivity index (χ4n) is 4.94. The molecule has 2 aromatic rings. The topological polar surface area (TPSA) is 94.2 Å². The van der Waals surface area contributed by atoms with Gasteiger partial charge in [0.15, 0.2) is 11.5 Å². The lowest BCUT2D eigenvalue weighted by molar-refractivity contribution is -0.740. The molecular formula is C33H50N3O6+. The van der Waals surface area contributed by atoms with Gasteiger partial charge >= 0.3 is 11.8 Å². The summed E-state index contributed by atoms with van der Waals surface area (Å²) in [5, 5.41) is 2.63. The first-order valence-corrected chi connectivity index (χ1v) is 14.9. The molecule has 0 aromatic heterocycles. The maximum atomic E-state index is 13.2. The van der Waals surface area contributed by atoms with E-state index in [2.05, 4.69) is 19.2 Å². The van der Waals surface area contributed by atoms with Gasteiger partial charge in [0.25, 0.3) is 0 Å². The van der Waals surface area contributed by atoms with Gasteiger partial charge in [0.1, 0.15) is 12.6 Å². The van der Waals surface area contributed by atoms with Crippen LogP contribution in [-0.2, 0) is 20.8 Å². The molecular weight excluding hydrogens is 534 g/mol. The van der Waals surface area contributed by atoms with Crippen LogP contribution in [0.4, 0.5) is 0 Å². The second kappa shape index (κ2) is 17.5. The monoisotopic (exact) mass is 584 g/mol. The van der Waals surface area contributed by atoms with E-state index in [9.17, 15) is 14.4 Å². The number of hydrogen-bond acceptors (Lipinski definition) is 7. The fourth-order valence-corrected chi connectivity index (χ4v) is 4.94. The van der Waals surface area contributed by atoms with Crippen LogP contribution in [0.3, 0.4) is 0 Å². The van der Waals surface area contributed by atoms with Gasteiger partial charge in [-0.25, -0.2) is 14.1 Å². The molecule has 0 bridgehead atoms. The quantitative estimate of drug-likeness (QED) is 0.138. The minimum Gasteiger partial charge on any atom is -0.493 e.